The summed E-state index contributed by atoms with van der Waals surface area (Å²) in [5.41, 5.74) is -0.145. The molecule has 92 valence electrons. The van der Waals surface area contributed by atoms with E-state index in [-0.39, 0.29) is 11.4 Å². The van der Waals surface area contributed by atoms with Crippen molar-refractivity contribution in [2.24, 2.45) is 0 Å². The van der Waals surface area contributed by atoms with E-state index >= 15 is 0 Å². The zero-order valence-corrected chi connectivity index (χ0v) is 10.6. The van der Waals surface area contributed by atoms with Crippen LogP contribution in [0.1, 0.15) is 0 Å². The molecule has 0 bridgehead atoms. The van der Waals surface area contributed by atoms with Gasteiger partial charge in [0, 0.05) is 6.07 Å². The van der Waals surface area contributed by atoms with Crippen LogP contribution in [0.25, 0.3) is 0 Å². The molecule has 0 amide bonds. The Balaban J connectivity index is 2.37. The predicted octanol–water partition coefficient (Wildman–Crippen LogP) is 4.29. The van der Waals surface area contributed by atoms with Crippen molar-refractivity contribution in [3.63, 3.8) is 0 Å². The van der Waals surface area contributed by atoms with Gasteiger partial charge in [0.05, 0.1) is 9.40 Å². The van der Waals surface area contributed by atoms with Crippen molar-refractivity contribution in [2.75, 3.05) is 0 Å². The highest BCUT2D eigenvalue weighted by Gasteiger charge is 2.15. The molecule has 18 heavy (non-hydrogen) atoms. The van der Waals surface area contributed by atoms with Gasteiger partial charge in [0.25, 0.3) is 0 Å². The Labute approximate surface area is 110 Å². The SMILES string of the molecule is O=[N+]([O-])c1ccccc1Oc1ccc(F)cc1Br. The fourth-order valence-corrected chi connectivity index (χ4v) is 1.80. The highest BCUT2D eigenvalue weighted by atomic mass is 79.9. The van der Waals surface area contributed by atoms with Crippen LogP contribution in [0.15, 0.2) is 46.9 Å². The summed E-state index contributed by atoms with van der Waals surface area (Å²) < 4.78 is 18.7. The molecule has 2 rings (SSSR count). The minimum Gasteiger partial charge on any atom is -0.449 e. The zero-order valence-electron chi connectivity index (χ0n) is 8.97. The van der Waals surface area contributed by atoms with Gasteiger partial charge in [-0.25, -0.2) is 4.39 Å². The van der Waals surface area contributed by atoms with E-state index in [2.05, 4.69) is 15.9 Å². The lowest BCUT2D eigenvalue weighted by Crippen LogP contribution is -1.93. The summed E-state index contributed by atoms with van der Waals surface area (Å²) in [6.45, 7) is 0. The van der Waals surface area contributed by atoms with Crippen molar-refractivity contribution in [2.45, 2.75) is 0 Å². The Bertz CT molecular complexity index is 604. The maximum Gasteiger partial charge on any atom is 0.311 e. The van der Waals surface area contributed by atoms with Crippen LogP contribution < -0.4 is 4.74 Å². The number of nitro groups is 1. The van der Waals surface area contributed by atoms with Crippen molar-refractivity contribution in [3.8, 4) is 11.5 Å². The molecule has 0 aliphatic rings. The molecular weight excluding hydrogens is 305 g/mol. The van der Waals surface area contributed by atoms with Crippen molar-refractivity contribution in [3.05, 3.63) is 62.9 Å². The van der Waals surface area contributed by atoms with Gasteiger partial charge in [-0.15, -0.1) is 0 Å². The first-order valence-electron chi connectivity index (χ1n) is 4.94. The molecule has 0 radical (unpaired) electrons. The van der Waals surface area contributed by atoms with Crippen LogP contribution in [0.3, 0.4) is 0 Å². The number of nitrogens with zero attached hydrogens (tertiary/aromatic N) is 1. The third kappa shape index (κ3) is 2.65. The second-order valence-electron chi connectivity index (χ2n) is 3.40. The standard InChI is InChI=1S/C12H7BrFNO3/c13-9-7-8(14)5-6-11(9)18-12-4-2-1-3-10(12)15(16)17/h1-7H. The van der Waals surface area contributed by atoms with E-state index in [4.69, 9.17) is 4.74 Å². The molecule has 0 aliphatic carbocycles. The monoisotopic (exact) mass is 311 g/mol. The van der Waals surface area contributed by atoms with Gasteiger partial charge < -0.3 is 4.74 Å². The fraction of sp³-hybridized carbons (Fsp3) is 0. The molecule has 0 aromatic heterocycles. The maximum absolute atomic E-state index is 12.9. The van der Waals surface area contributed by atoms with Crippen molar-refractivity contribution < 1.29 is 14.1 Å². The van der Waals surface area contributed by atoms with Gasteiger partial charge in [-0.2, -0.15) is 0 Å². The summed E-state index contributed by atoms with van der Waals surface area (Å²) in [4.78, 5) is 10.3. The minimum atomic E-state index is -0.535. The number of ether oxygens (including phenoxy) is 1. The molecule has 0 saturated carbocycles. The summed E-state index contributed by atoms with van der Waals surface area (Å²) in [5, 5.41) is 10.8. The first-order valence-corrected chi connectivity index (χ1v) is 5.73. The zero-order chi connectivity index (χ0) is 13.1. The first-order chi connectivity index (χ1) is 8.58. The van der Waals surface area contributed by atoms with Crippen LogP contribution >= 0.6 is 15.9 Å². The summed E-state index contributed by atoms with van der Waals surface area (Å²) in [6, 6.07) is 9.83. The van der Waals surface area contributed by atoms with Crippen LogP contribution in [-0.4, -0.2) is 4.92 Å². The quantitative estimate of drug-likeness (QED) is 0.627. The lowest BCUT2D eigenvalue weighted by atomic mass is 10.3. The Morgan fingerprint density at radius 1 is 1.17 bits per heavy atom. The van der Waals surface area contributed by atoms with E-state index in [1.807, 2.05) is 0 Å². The number of nitro benzene ring substituents is 1. The van der Waals surface area contributed by atoms with Gasteiger partial charge in [-0.3, -0.25) is 10.1 Å². The molecule has 0 N–H and O–H groups in total. The smallest absolute Gasteiger partial charge is 0.311 e. The van der Waals surface area contributed by atoms with Gasteiger partial charge in [0.2, 0.25) is 5.75 Å². The first kappa shape index (κ1) is 12.5. The van der Waals surface area contributed by atoms with Gasteiger partial charge in [0.1, 0.15) is 11.6 Å². The summed E-state index contributed by atoms with van der Waals surface area (Å²) in [6.07, 6.45) is 0. The lowest BCUT2D eigenvalue weighted by molar-refractivity contribution is -0.385. The number of rotatable bonds is 3. The van der Waals surface area contributed by atoms with E-state index in [9.17, 15) is 14.5 Å². The van der Waals surface area contributed by atoms with E-state index in [0.717, 1.165) is 0 Å². The van der Waals surface area contributed by atoms with Crippen LogP contribution in [0.4, 0.5) is 10.1 Å². The van der Waals surface area contributed by atoms with Crippen LogP contribution in [-0.2, 0) is 0 Å². The maximum atomic E-state index is 12.9. The summed E-state index contributed by atoms with van der Waals surface area (Å²) in [7, 11) is 0. The Morgan fingerprint density at radius 3 is 2.56 bits per heavy atom. The molecule has 0 saturated heterocycles. The highest BCUT2D eigenvalue weighted by molar-refractivity contribution is 9.10. The molecule has 0 heterocycles. The van der Waals surface area contributed by atoms with Crippen LogP contribution in [0.2, 0.25) is 0 Å². The second kappa shape index (κ2) is 5.14. The fourth-order valence-electron chi connectivity index (χ4n) is 1.37. The average Bonchev–Trinajstić information content (AvgIpc) is 2.33. The molecule has 0 unspecified atom stereocenters. The normalized spacial score (nSPS) is 10.1. The number of hydrogen-bond donors (Lipinski definition) is 0. The molecule has 2 aromatic carbocycles. The Morgan fingerprint density at radius 2 is 1.89 bits per heavy atom. The number of benzene rings is 2. The topological polar surface area (TPSA) is 52.4 Å². The van der Waals surface area contributed by atoms with Crippen LogP contribution in [0, 0.1) is 15.9 Å². The van der Waals surface area contributed by atoms with Crippen LogP contribution in [0.5, 0.6) is 11.5 Å². The molecule has 6 heteroatoms. The molecule has 0 fully saturated rings. The number of hydrogen-bond acceptors (Lipinski definition) is 3. The minimum absolute atomic E-state index is 0.106. The molecule has 4 nitrogen and oxygen atoms in total. The van der Waals surface area contributed by atoms with Crippen molar-refractivity contribution >= 4 is 21.6 Å². The van der Waals surface area contributed by atoms with Gasteiger partial charge >= 0.3 is 5.69 Å². The van der Waals surface area contributed by atoms with E-state index in [0.29, 0.717) is 10.2 Å². The largest absolute Gasteiger partial charge is 0.449 e. The molecular formula is C12H7BrFNO3. The van der Waals surface area contributed by atoms with E-state index in [1.165, 1.54) is 30.3 Å². The van der Waals surface area contributed by atoms with Crippen molar-refractivity contribution in [1.82, 2.24) is 0 Å². The molecule has 0 atom stereocenters. The van der Waals surface area contributed by atoms with E-state index < -0.39 is 10.7 Å². The third-order valence-corrected chi connectivity index (χ3v) is 2.80. The second-order valence-corrected chi connectivity index (χ2v) is 4.26. The molecule has 2 aromatic rings. The van der Waals surface area contributed by atoms with E-state index in [1.54, 1.807) is 12.1 Å². The molecule has 0 spiro atoms. The predicted molar refractivity (Wildman–Crippen MR) is 67.3 cm³/mol. The molecule has 0 aliphatic heterocycles. The van der Waals surface area contributed by atoms with Gasteiger partial charge in [0.15, 0.2) is 0 Å². The number of para-hydroxylation sites is 2. The Kier molecular flexibility index (Phi) is 3.57. The summed E-state index contributed by atoms with van der Waals surface area (Å²) in [5.74, 6) is -0.00251. The Hall–Kier alpha value is -1.95. The number of halogens is 2. The third-order valence-electron chi connectivity index (χ3n) is 2.18. The highest BCUT2D eigenvalue weighted by Crippen LogP contribution is 2.34. The van der Waals surface area contributed by atoms with Gasteiger partial charge in [-0.1, -0.05) is 12.1 Å². The van der Waals surface area contributed by atoms with Crippen molar-refractivity contribution in [1.29, 1.82) is 0 Å². The average molecular weight is 312 g/mol. The lowest BCUT2D eigenvalue weighted by Gasteiger charge is -2.07. The van der Waals surface area contributed by atoms with Gasteiger partial charge in [-0.05, 0) is 40.2 Å². The summed E-state index contributed by atoms with van der Waals surface area (Å²) >= 11 is 3.13.